The van der Waals surface area contributed by atoms with Crippen molar-refractivity contribution in [2.75, 3.05) is 24.7 Å². The van der Waals surface area contributed by atoms with Gasteiger partial charge in [0.25, 0.3) is 0 Å². The second kappa shape index (κ2) is 9.62. The van der Waals surface area contributed by atoms with Gasteiger partial charge in [0.15, 0.2) is 0 Å². The Morgan fingerprint density at radius 1 is 1.03 bits per heavy atom. The summed E-state index contributed by atoms with van der Waals surface area (Å²) in [6.45, 7) is 3.18. The van der Waals surface area contributed by atoms with Crippen LogP contribution in [0.15, 0.2) is 52.3 Å². The normalized spacial score (nSPS) is 12.5. The van der Waals surface area contributed by atoms with E-state index in [2.05, 4.69) is 10.6 Å². The Kier molecular flexibility index (Phi) is 7.70. The third-order valence-corrected chi connectivity index (χ3v) is 7.22. The van der Waals surface area contributed by atoms with Crippen molar-refractivity contribution in [1.29, 1.82) is 0 Å². The van der Waals surface area contributed by atoms with Crippen LogP contribution >= 0.6 is 23.4 Å². The molecule has 7 nitrogen and oxygen atoms in total. The molecule has 10 heteroatoms. The second-order valence-electron chi connectivity index (χ2n) is 6.39. The molecule has 1 atom stereocenters. The SMILES string of the molecule is CC(=O)Nc1ccc(SC(C)C(=O)Nc2ccc(Cl)c(S(=O)(=O)N(C)C)c2)cc1. The number of anilines is 2. The van der Waals surface area contributed by atoms with Gasteiger partial charge >= 0.3 is 0 Å². The Morgan fingerprint density at radius 3 is 2.17 bits per heavy atom. The molecule has 0 aliphatic rings. The van der Waals surface area contributed by atoms with Crippen LogP contribution < -0.4 is 10.6 Å². The third-order valence-electron chi connectivity index (χ3n) is 3.81. The number of hydrogen-bond donors (Lipinski definition) is 2. The molecular weight excluding hydrogens is 434 g/mol. The van der Waals surface area contributed by atoms with Crippen LogP contribution in [-0.4, -0.2) is 43.9 Å². The molecule has 2 amide bonds. The Bertz CT molecular complexity index is 1010. The molecule has 0 heterocycles. The summed E-state index contributed by atoms with van der Waals surface area (Å²) in [5, 5.41) is 5.04. The first kappa shape index (κ1) is 23.2. The predicted octanol–water partition coefficient (Wildman–Crippen LogP) is 3.67. The van der Waals surface area contributed by atoms with E-state index in [1.54, 1.807) is 25.1 Å². The number of benzene rings is 2. The van der Waals surface area contributed by atoms with E-state index in [0.29, 0.717) is 11.4 Å². The molecule has 0 aromatic heterocycles. The fraction of sp³-hybridized carbons (Fsp3) is 0.263. The van der Waals surface area contributed by atoms with E-state index in [4.69, 9.17) is 11.6 Å². The molecule has 29 heavy (non-hydrogen) atoms. The minimum Gasteiger partial charge on any atom is -0.326 e. The number of rotatable bonds is 7. The Balaban J connectivity index is 2.09. The first-order valence-corrected chi connectivity index (χ1v) is 11.3. The van der Waals surface area contributed by atoms with Gasteiger partial charge in [0.1, 0.15) is 4.90 Å². The molecule has 0 aliphatic carbocycles. The maximum atomic E-state index is 12.5. The average molecular weight is 456 g/mol. The van der Waals surface area contributed by atoms with Gasteiger partial charge in [-0.3, -0.25) is 9.59 Å². The highest BCUT2D eigenvalue weighted by Crippen LogP contribution is 2.29. The molecule has 2 aromatic carbocycles. The van der Waals surface area contributed by atoms with E-state index >= 15 is 0 Å². The Hall–Kier alpha value is -2.07. The summed E-state index contributed by atoms with van der Waals surface area (Å²) < 4.78 is 25.8. The van der Waals surface area contributed by atoms with Crippen LogP contribution in [0.4, 0.5) is 11.4 Å². The van der Waals surface area contributed by atoms with Crippen molar-refractivity contribution in [3.8, 4) is 0 Å². The van der Waals surface area contributed by atoms with Gasteiger partial charge in [0, 0.05) is 37.3 Å². The molecule has 2 aromatic rings. The first-order chi connectivity index (χ1) is 13.5. The number of nitrogens with zero attached hydrogens (tertiary/aromatic N) is 1. The lowest BCUT2D eigenvalue weighted by Crippen LogP contribution is -2.24. The van der Waals surface area contributed by atoms with Gasteiger partial charge in [0.2, 0.25) is 21.8 Å². The van der Waals surface area contributed by atoms with Gasteiger partial charge in [-0.1, -0.05) is 11.6 Å². The molecule has 156 valence electrons. The first-order valence-electron chi connectivity index (χ1n) is 8.58. The van der Waals surface area contributed by atoms with Gasteiger partial charge in [-0.2, -0.15) is 0 Å². The smallest absolute Gasteiger partial charge is 0.244 e. The van der Waals surface area contributed by atoms with E-state index in [-0.39, 0.29) is 21.7 Å². The fourth-order valence-corrected chi connectivity index (χ4v) is 4.56. The van der Waals surface area contributed by atoms with Crippen LogP contribution in [0.5, 0.6) is 0 Å². The van der Waals surface area contributed by atoms with E-state index in [0.717, 1.165) is 9.20 Å². The largest absolute Gasteiger partial charge is 0.326 e. The number of nitrogens with one attached hydrogen (secondary N) is 2. The lowest BCUT2D eigenvalue weighted by molar-refractivity contribution is -0.115. The van der Waals surface area contributed by atoms with E-state index in [1.807, 2.05) is 12.1 Å². The Morgan fingerprint density at radius 2 is 1.62 bits per heavy atom. The van der Waals surface area contributed by atoms with Crippen molar-refractivity contribution in [3.63, 3.8) is 0 Å². The lowest BCUT2D eigenvalue weighted by Gasteiger charge is -2.16. The van der Waals surface area contributed by atoms with Crippen molar-refractivity contribution in [3.05, 3.63) is 47.5 Å². The number of amides is 2. The highest BCUT2D eigenvalue weighted by molar-refractivity contribution is 8.00. The number of thioether (sulfide) groups is 1. The van der Waals surface area contributed by atoms with Gasteiger partial charge < -0.3 is 10.6 Å². The number of halogens is 1. The van der Waals surface area contributed by atoms with Crippen LogP contribution in [0.1, 0.15) is 13.8 Å². The average Bonchev–Trinajstić information content (AvgIpc) is 2.64. The maximum absolute atomic E-state index is 12.5. The topological polar surface area (TPSA) is 95.6 Å². The summed E-state index contributed by atoms with van der Waals surface area (Å²) in [6, 6.07) is 11.5. The molecule has 2 rings (SSSR count). The molecular formula is C19H22ClN3O4S2. The molecule has 1 unspecified atom stereocenters. The fourth-order valence-electron chi connectivity index (χ4n) is 2.30. The molecule has 0 saturated carbocycles. The number of carbonyl (C=O) groups is 2. The van der Waals surface area contributed by atoms with E-state index < -0.39 is 15.3 Å². The Labute approximate surface area is 179 Å². The zero-order chi connectivity index (χ0) is 21.8. The number of sulfonamides is 1. The summed E-state index contributed by atoms with van der Waals surface area (Å²) >= 11 is 7.37. The third kappa shape index (κ3) is 6.20. The molecule has 0 fully saturated rings. The minimum absolute atomic E-state index is 0.0733. The molecule has 0 bridgehead atoms. The molecule has 0 spiro atoms. The van der Waals surface area contributed by atoms with Crippen molar-refractivity contribution >= 4 is 56.6 Å². The summed E-state index contributed by atoms with van der Waals surface area (Å²) in [7, 11) is -0.913. The van der Waals surface area contributed by atoms with Gasteiger partial charge in [-0.25, -0.2) is 12.7 Å². The van der Waals surface area contributed by atoms with Crippen LogP contribution in [0.2, 0.25) is 5.02 Å². The molecule has 0 aliphatic heterocycles. The van der Waals surface area contributed by atoms with Gasteiger partial charge in [0.05, 0.1) is 10.3 Å². The number of carbonyl (C=O) groups excluding carboxylic acids is 2. The molecule has 0 saturated heterocycles. The zero-order valence-electron chi connectivity index (χ0n) is 16.4. The van der Waals surface area contributed by atoms with Crippen LogP contribution in [0.25, 0.3) is 0 Å². The summed E-state index contributed by atoms with van der Waals surface area (Å²) in [5.74, 6) is -0.437. The van der Waals surface area contributed by atoms with Crippen LogP contribution in [0, 0.1) is 0 Å². The van der Waals surface area contributed by atoms with Crippen molar-refractivity contribution in [1.82, 2.24) is 4.31 Å². The maximum Gasteiger partial charge on any atom is 0.244 e. The van der Waals surface area contributed by atoms with Gasteiger partial charge in [-0.15, -0.1) is 11.8 Å². The standard InChI is InChI=1S/C19H22ClN3O4S2/c1-12(28-16-8-5-14(6-9-16)21-13(2)24)19(25)22-15-7-10-17(20)18(11-15)29(26,27)23(3)4/h5-12H,1-4H3,(H,21,24)(H,22,25). The van der Waals surface area contributed by atoms with Crippen molar-refractivity contribution < 1.29 is 18.0 Å². The number of hydrogen-bond acceptors (Lipinski definition) is 5. The summed E-state index contributed by atoms with van der Waals surface area (Å²) in [5.41, 5.74) is 1.02. The van der Waals surface area contributed by atoms with E-state index in [1.165, 1.54) is 44.9 Å². The lowest BCUT2D eigenvalue weighted by atomic mass is 10.3. The van der Waals surface area contributed by atoms with Crippen molar-refractivity contribution in [2.45, 2.75) is 28.9 Å². The summed E-state index contributed by atoms with van der Waals surface area (Å²) in [6.07, 6.45) is 0. The summed E-state index contributed by atoms with van der Waals surface area (Å²) in [4.78, 5) is 24.4. The van der Waals surface area contributed by atoms with Crippen LogP contribution in [-0.2, 0) is 19.6 Å². The van der Waals surface area contributed by atoms with Gasteiger partial charge in [-0.05, 0) is 49.4 Å². The minimum atomic E-state index is -3.73. The monoisotopic (exact) mass is 455 g/mol. The predicted molar refractivity (Wildman–Crippen MR) is 117 cm³/mol. The van der Waals surface area contributed by atoms with Crippen molar-refractivity contribution in [2.24, 2.45) is 0 Å². The highest BCUT2D eigenvalue weighted by atomic mass is 35.5. The zero-order valence-corrected chi connectivity index (χ0v) is 18.8. The highest BCUT2D eigenvalue weighted by Gasteiger charge is 2.22. The molecule has 2 N–H and O–H groups in total. The molecule has 0 radical (unpaired) electrons. The van der Waals surface area contributed by atoms with Crippen LogP contribution in [0.3, 0.4) is 0 Å². The quantitative estimate of drug-likeness (QED) is 0.621. The van der Waals surface area contributed by atoms with E-state index in [9.17, 15) is 18.0 Å². The second-order valence-corrected chi connectivity index (χ2v) is 10.3.